The van der Waals surface area contributed by atoms with E-state index >= 15 is 0 Å². The highest BCUT2D eigenvalue weighted by Crippen LogP contribution is 2.36. The van der Waals surface area contributed by atoms with Crippen molar-refractivity contribution in [2.45, 2.75) is 13.0 Å². The van der Waals surface area contributed by atoms with E-state index in [2.05, 4.69) is 52.7 Å². The van der Waals surface area contributed by atoms with Crippen molar-refractivity contribution in [3.63, 3.8) is 0 Å². The van der Waals surface area contributed by atoms with Crippen molar-refractivity contribution in [1.82, 2.24) is 5.32 Å². The number of nitriles is 1. The summed E-state index contributed by atoms with van der Waals surface area (Å²) >= 11 is 0. The van der Waals surface area contributed by atoms with Gasteiger partial charge in [0.15, 0.2) is 0 Å². The summed E-state index contributed by atoms with van der Waals surface area (Å²) in [5.74, 6) is 0. The Morgan fingerprint density at radius 2 is 2.05 bits per heavy atom. The van der Waals surface area contributed by atoms with Crippen LogP contribution in [0.25, 0.3) is 0 Å². The Bertz CT molecular complexity index is 670. The summed E-state index contributed by atoms with van der Waals surface area (Å²) in [5, 5.41) is 12.5. The van der Waals surface area contributed by atoms with Crippen LogP contribution in [0.2, 0.25) is 0 Å². The molecule has 100 valence electrons. The zero-order chi connectivity index (χ0) is 13.9. The maximum Gasteiger partial charge on any atom is 0.101 e. The third kappa shape index (κ3) is 2.15. The van der Waals surface area contributed by atoms with Gasteiger partial charge < -0.3 is 10.2 Å². The fourth-order valence-electron chi connectivity index (χ4n) is 2.81. The maximum absolute atomic E-state index is 9.42. The molecule has 0 unspecified atom stereocenters. The van der Waals surface area contributed by atoms with E-state index in [1.807, 2.05) is 13.1 Å². The van der Waals surface area contributed by atoms with E-state index in [0.717, 1.165) is 36.3 Å². The Balaban J connectivity index is 2.02. The number of benzene rings is 2. The highest BCUT2D eigenvalue weighted by Gasteiger charge is 2.21. The summed E-state index contributed by atoms with van der Waals surface area (Å²) in [5.41, 5.74) is 5.48. The second-order valence-corrected chi connectivity index (χ2v) is 5.02. The number of rotatable bonds is 3. The Morgan fingerprint density at radius 3 is 2.85 bits per heavy atom. The third-order valence-electron chi connectivity index (χ3n) is 3.74. The molecular weight excluding hydrogens is 246 g/mol. The molecule has 3 nitrogen and oxygen atoms in total. The van der Waals surface area contributed by atoms with Gasteiger partial charge in [-0.2, -0.15) is 5.26 Å². The Labute approximate surface area is 119 Å². The van der Waals surface area contributed by atoms with Crippen molar-refractivity contribution >= 4 is 11.4 Å². The lowest BCUT2D eigenvalue weighted by Crippen LogP contribution is -2.15. The van der Waals surface area contributed by atoms with Gasteiger partial charge in [0.05, 0.1) is 11.3 Å². The van der Waals surface area contributed by atoms with Gasteiger partial charge in [-0.15, -0.1) is 0 Å². The molecule has 1 aliphatic rings. The minimum absolute atomic E-state index is 0.745. The van der Waals surface area contributed by atoms with Crippen molar-refractivity contribution in [3.8, 4) is 6.07 Å². The van der Waals surface area contributed by atoms with Crippen LogP contribution in [-0.2, 0) is 13.0 Å². The van der Waals surface area contributed by atoms with Gasteiger partial charge in [-0.1, -0.05) is 24.3 Å². The normalized spacial score (nSPS) is 13.1. The fraction of sp³-hybridized carbons (Fsp3) is 0.235. The van der Waals surface area contributed by atoms with Crippen LogP contribution in [0.1, 0.15) is 16.7 Å². The molecule has 0 saturated heterocycles. The lowest BCUT2D eigenvalue weighted by Gasteiger charge is -2.21. The molecule has 2 aromatic rings. The Hall–Kier alpha value is -2.31. The number of nitrogens with zero attached hydrogens (tertiary/aromatic N) is 2. The lowest BCUT2D eigenvalue weighted by atomic mass is 10.1. The number of anilines is 2. The van der Waals surface area contributed by atoms with Crippen molar-refractivity contribution in [3.05, 3.63) is 59.2 Å². The molecule has 0 bridgehead atoms. The van der Waals surface area contributed by atoms with Crippen LogP contribution in [-0.4, -0.2) is 13.6 Å². The molecule has 0 aliphatic carbocycles. The fourth-order valence-corrected chi connectivity index (χ4v) is 2.81. The molecule has 3 rings (SSSR count). The predicted molar refractivity (Wildman–Crippen MR) is 81.1 cm³/mol. The van der Waals surface area contributed by atoms with Gasteiger partial charge in [0, 0.05) is 18.8 Å². The second-order valence-electron chi connectivity index (χ2n) is 5.02. The number of nitrogens with one attached hydrogen (secondary N) is 1. The average molecular weight is 263 g/mol. The molecule has 0 atom stereocenters. The van der Waals surface area contributed by atoms with Gasteiger partial charge in [-0.25, -0.2) is 0 Å². The minimum atomic E-state index is 0.745. The van der Waals surface area contributed by atoms with Gasteiger partial charge in [0.25, 0.3) is 0 Å². The minimum Gasteiger partial charge on any atom is -0.340 e. The summed E-state index contributed by atoms with van der Waals surface area (Å²) in [6, 6.07) is 16.9. The van der Waals surface area contributed by atoms with E-state index in [4.69, 9.17) is 0 Å². The van der Waals surface area contributed by atoms with Gasteiger partial charge in [0.1, 0.15) is 6.07 Å². The van der Waals surface area contributed by atoms with Gasteiger partial charge in [0.2, 0.25) is 0 Å². The lowest BCUT2D eigenvalue weighted by molar-refractivity contribution is 0.817. The number of para-hydroxylation sites is 1. The van der Waals surface area contributed by atoms with E-state index in [-0.39, 0.29) is 0 Å². The number of hydrogen-bond donors (Lipinski definition) is 1. The van der Waals surface area contributed by atoms with Crippen LogP contribution in [0.3, 0.4) is 0 Å². The zero-order valence-electron chi connectivity index (χ0n) is 11.6. The van der Waals surface area contributed by atoms with E-state index < -0.39 is 0 Å². The number of hydrogen-bond acceptors (Lipinski definition) is 3. The summed E-state index contributed by atoms with van der Waals surface area (Å²) in [7, 11) is 1.91. The smallest absolute Gasteiger partial charge is 0.101 e. The third-order valence-corrected chi connectivity index (χ3v) is 3.74. The Morgan fingerprint density at radius 1 is 1.20 bits per heavy atom. The average Bonchev–Trinajstić information content (AvgIpc) is 2.91. The molecule has 3 heteroatoms. The SMILES string of the molecule is CNCc1ccc(N2CCc3ccccc32)c(C#N)c1. The maximum atomic E-state index is 9.42. The van der Waals surface area contributed by atoms with E-state index in [1.165, 1.54) is 11.3 Å². The summed E-state index contributed by atoms with van der Waals surface area (Å²) in [4.78, 5) is 2.25. The summed E-state index contributed by atoms with van der Waals surface area (Å²) < 4.78 is 0. The van der Waals surface area contributed by atoms with Gasteiger partial charge >= 0.3 is 0 Å². The molecule has 0 radical (unpaired) electrons. The predicted octanol–water partition coefficient (Wildman–Crippen LogP) is 2.97. The highest BCUT2D eigenvalue weighted by molar-refractivity contribution is 5.74. The molecule has 1 N–H and O–H groups in total. The molecule has 0 aromatic heterocycles. The first-order chi connectivity index (χ1) is 9.83. The zero-order valence-corrected chi connectivity index (χ0v) is 11.6. The monoisotopic (exact) mass is 263 g/mol. The molecule has 1 heterocycles. The second kappa shape index (κ2) is 5.36. The Kier molecular flexibility index (Phi) is 3.41. The van der Waals surface area contributed by atoms with Crippen LogP contribution < -0.4 is 10.2 Å². The van der Waals surface area contributed by atoms with Crippen molar-refractivity contribution in [2.24, 2.45) is 0 Å². The van der Waals surface area contributed by atoms with E-state index in [1.54, 1.807) is 0 Å². The van der Waals surface area contributed by atoms with Crippen LogP contribution >= 0.6 is 0 Å². The van der Waals surface area contributed by atoms with Gasteiger partial charge in [-0.05, 0) is 42.8 Å². The highest BCUT2D eigenvalue weighted by atomic mass is 15.2. The van der Waals surface area contributed by atoms with Crippen molar-refractivity contribution in [1.29, 1.82) is 5.26 Å². The first-order valence-electron chi connectivity index (χ1n) is 6.86. The van der Waals surface area contributed by atoms with Crippen LogP contribution in [0.4, 0.5) is 11.4 Å². The summed E-state index contributed by atoms with van der Waals surface area (Å²) in [6.07, 6.45) is 1.04. The first kappa shape index (κ1) is 12.7. The van der Waals surface area contributed by atoms with Crippen LogP contribution in [0.5, 0.6) is 0 Å². The van der Waals surface area contributed by atoms with Gasteiger partial charge in [-0.3, -0.25) is 0 Å². The first-order valence-corrected chi connectivity index (χ1v) is 6.86. The molecule has 0 spiro atoms. The van der Waals surface area contributed by atoms with E-state index in [0.29, 0.717) is 0 Å². The quantitative estimate of drug-likeness (QED) is 0.925. The largest absolute Gasteiger partial charge is 0.340 e. The summed E-state index contributed by atoms with van der Waals surface area (Å²) in [6.45, 7) is 1.73. The van der Waals surface area contributed by atoms with E-state index in [9.17, 15) is 5.26 Å². The number of fused-ring (bicyclic) bond motifs is 1. The van der Waals surface area contributed by atoms with Crippen molar-refractivity contribution < 1.29 is 0 Å². The molecule has 0 amide bonds. The molecule has 0 saturated carbocycles. The molecule has 2 aromatic carbocycles. The topological polar surface area (TPSA) is 39.1 Å². The van der Waals surface area contributed by atoms with Crippen molar-refractivity contribution in [2.75, 3.05) is 18.5 Å². The molecule has 20 heavy (non-hydrogen) atoms. The standard InChI is InChI=1S/C17H17N3/c1-19-12-13-6-7-17(15(10-13)11-18)20-9-8-14-4-2-3-5-16(14)20/h2-7,10,19H,8-9,12H2,1H3. The molecule has 1 aliphatic heterocycles. The molecule has 0 fully saturated rings. The van der Waals surface area contributed by atoms with Crippen LogP contribution in [0.15, 0.2) is 42.5 Å². The molecular formula is C17H17N3. The van der Waals surface area contributed by atoms with Crippen LogP contribution in [0, 0.1) is 11.3 Å².